The number of unbranched alkanes of at least 4 members (excludes halogenated alkanes) is 15. The molecule has 2 unspecified atom stereocenters. The van der Waals surface area contributed by atoms with E-state index >= 15 is 0 Å². The van der Waals surface area contributed by atoms with Crippen molar-refractivity contribution < 1.29 is 28.1 Å². The van der Waals surface area contributed by atoms with Crippen molar-refractivity contribution in [3.63, 3.8) is 0 Å². The van der Waals surface area contributed by atoms with Crippen LogP contribution in [0.4, 0.5) is 0 Å². The lowest BCUT2D eigenvalue weighted by Crippen LogP contribution is -2.37. The van der Waals surface area contributed by atoms with Crippen molar-refractivity contribution in [3.8, 4) is 0 Å². The standard InChI is InChI=1S/C32H59INO5P/c1-34(2,3)27-29-39-40(36,37)38-28-26-32(35)21-19-17-15-13-11-9-7-5-4-6-8-10-12-14-16-18-20-30-22-24-31(33)25-23-30/h22-25,32,35H,4-21,26-29H2,1-3H3/p+1. The Balaban J connectivity index is 1.79. The number of benzene rings is 1. The third-order valence-electron chi connectivity index (χ3n) is 7.39. The fourth-order valence-electron chi connectivity index (χ4n) is 4.75. The maximum absolute atomic E-state index is 11.9. The Morgan fingerprint density at radius 1 is 0.700 bits per heavy atom. The number of quaternary nitrogens is 1. The fraction of sp³-hybridized carbons (Fsp3) is 0.812. The van der Waals surface area contributed by atoms with Crippen molar-refractivity contribution in [2.24, 2.45) is 0 Å². The van der Waals surface area contributed by atoms with Crippen LogP contribution < -0.4 is 0 Å². The van der Waals surface area contributed by atoms with E-state index in [4.69, 9.17) is 9.05 Å². The number of phosphoric acid groups is 1. The third-order valence-corrected chi connectivity index (χ3v) is 9.12. The summed E-state index contributed by atoms with van der Waals surface area (Å²) in [5.74, 6) is 0. The van der Waals surface area contributed by atoms with Gasteiger partial charge in [0.05, 0.1) is 33.9 Å². The van der Waals surface area contributed by atoms with E-state index in [0.717, 1.165) is 12.8 Å². The molecule has 8 heteroatoms. The number of hydrogen-bond donors (Lipinski definition) is 2. The topological polar surface area (TPSA) is 76.0 Å². The van der Waals surface area contributed by atoms with Gasteiger partial charge < -0.3 is 14.5 Å². The van der Waals surface area contributed by atoms with Crippen LogP contribution in [-0.2, 0) is 20.0 Å². The monoisotopic (exact) mass is 696 g/mol. The van der Waals surface area contributed by atoms with Crippen molar-refractivity contribution in [3.05, 3.63) is 33.4 Å². The van der Waals surface area contributed by atoms with Crippen LogP contribution in [-0.4, -0.2) is 61.5 Å². The molecule has 1 rings (SSSR count). The molecule has 0 saturated heterocycles. The molecule has 2 atom stereocenters. The molecule has 0 aliphatic heterocycles. The van der Waals surface area contributed by atoms with Crippen LogP contribution in [0, 0.1) is 3.57 Å². The Hall–Kier alpha value is -0.0200. The van der Waals surface area contributed by atoms with Gasteiger partial charge in [0.2, 0.25) is 0 Å². The summed E-state index contributed by atoms with van der Waals surface area (Å²) >= 11 is 2.37. The number of aryl methyl sites for hydroxylation is 1. The highest BCUT2D eigenvalue weighted by Gasteiger charge is 2.22. The lowest BCUT2D eigenvalue weighted by Gasteiger charge is -2.24. The molecule has 0 aliphatic rings. The van der Waals surface area contributed by atoms with Gasteiger partial charge >= 0.3 is 7.82 Å². The Bertz CT molecular complexity index is 772. The second-order valence-corrected chi connectivity index (χ2v) is 15.1. The van der Waals surface area contributed by atoms with Gasteiger partial charge in [0.15, 0.2) is 0 Å². The van der Waals surface area contributed by atoms with Gasteiger partial charge in [-0.15, -0.1) is 0 Å². The number of rotatable bonds is 27. The molecule has 0 bridgehead atoms. The molecule has 1 aromatic carbocycles. The summed E-state index contributed by atoms with van der Waals surface area (Å²) in [5.41, 5.74) is 1.48. The van der Waals surface area contributed by atoms with E-state index in [1.165, 1.54) is 105 Å². The smallest absolute Gasteiger partial charge is 0.393 e. The van der Waals surface area contributed by atoms with Gasteiger partial charge in [-0.1, -0.05) is 108 Å². The largest absolute Gasteiger partial charge is 0.472 e. The van der Waals surface area contributed by atoms with Crippen molar-refractivity contribution in [1.29, 1.82) is 0 Å². The summed E-state index contributed by atoms with van der Waals surface area (Å²) in [5, 5.41) is 10.1. The summed E-state index contributed by atoms with van der Waals surface area (Å²) < 4.78 is 23.8. The summed E-state index contributed by atoms with van der Waals surface area (Å²) in [7, 11) is 1.94. The van der Waals surface area contributed by atoms with Gasteiger partial charge in [-0.05, 0) is 66.0 Å². The zero-order chi connectivity index (χ0) is 29.5. The molecule has 2 N–H and O–H groups in total. The number of aliphatic hydroxyl groups is 1. The van der Waals surface area contributed by atoms with E-state index in [1.54, 1.807) is 0 Å². The fourth-order valence-corrected chi connectivity index (χ4v) is 5.83. The Morgan fingerprint density at radius 3 is 1.60 bits per heavy atom. The van der Waals surface area contributed by atoms with Crippen LogP contribution >= 0.6 is 30.4 Å². The first kappa shape index (κ1) is 38.0. The molecule has 0 amide bonds. The van der Waals surface area contributed by atoms with Crippen LogP contribution in [0.25, 0.3) is 0 Å². The first-order chi connectivity index (χ1) is 19.1. The van der Waals surface area contributed by atoms with E-state index in [1.807, 2.05) is 21.1 Å². The van der Waals surface area contributed by atoms with E-state index < -0.39 is 13.9 Å². The lowest BCUT2D eigenvalue weighted by atomic mass is 10.0. The van der Waals surface area contributed by atoms with Gasteiger partial charge in [0.25, 0.3) is 0 Å². The molecule has 0 fully saturated rings. The molecule has 0 aliphatic carbocycles. The quantitative estimate of drug-likeness (QED) is 0.0416. The maximum Gasteiger partial charge on any atom is 0.472 e. The second kappa shape index (κ2) is 23.4. The molecule has 234 valence electrons. The minimum Gasteiger partial charge on any atom is -0.393 e. The third kappa shape index (κ3) is 24.6. The van der Waals surface area contributed by atoms with Crippen molar-refractivity contribution in [1.82, 2.24) is 0 Å². The summed E-state index contributed by atoms with van der Waals surface area (Å²) in [6.07, 6.45) is 22.9. The van der Waals surface area contributed by atoms with E-state index in [2.05, 4.69) is 46.9 Å². The molecule has 0 heterocycles. The van der Waals surface area contributed by atoms with Crippen molar-refractivity contribution >= 4 is 30.4 Å². The number of likely N-dealkylation sites (N-methyl/N-ethyl adjacent to an activating group) is 1. The van der Waals surface area contributed by atoms with Gasteiger partial charge in [0.1, 0.15) is 13.2 Å². The molecule has 6 nitrogen and oxygen atoms in total. The molecule has 0 spiro atoms. The number of phosphoric ester groups is 1. The van der Waals surface area contributed by atoms with Crippen LogP contribution in [0.2, 0.25) is 0 Å². The SMILES string of the molecule is C[N+](C)(C)CCOP(=O)(O)OCCC(O)CCCCCCCCCCCCCCCCCCc1ccc(I)cc1. The number of halogens is 1. The summed E-state index contributed by atoms with van der Waals surface area (Å²) in [6, 6.07) is 8.95. The minimum absolute atomic E-state index is 0.0358. The average molecular weight is 697 g/mol. The number of aliphatic hydroxyl groups excluding tert-OH is 1. The van der Waals surface area contributed by atoms with Crippen LogP contribution in [0.5, 0.6) is 0 Å². The normalized spacial score (nSPS) is 14.3. The minimum atomic E-state index is -4.03. The Labute approximate surface area is 260 Å². The van der Waals surface area contributed by atoms with Gasteiger partial charge in [-0.3, -0.25) is 9.05 Å². The predicted molar refractivity (Wildman–Crippen MR) is 177 cm³/mol. The van der Waals surface area contributed by atoms with Gasteiger partial charge in [-0.25, -0.2) is 4.57 Å². The molecular formula is C32H60INO5P+. The molecule has 0 saturated carbocycles. The Kier molecular flexibility index (Phi) is 22.3. The molecule has 0 aromatic heterocycles. The summed E-state index contributed by atoms with van der Waals surface area (Å²) in [6.45, 7) is 0.817. The maximum atomic E-state index is 11.9. The first-order valence-electron chi connectivity index (χ1n) is 15.9. The molecule has 40 heavy (non-hydrogen) atoms. The zero-order valence-electron chi connectivity index (χ0n) is 25.8. The Morgan fingerprint density at radius 2 is 1.12 bits per heavy atom. The van der Waals surface area contributed by atoms with Crippen LogP contribution in [0.3, 0.4) is 0 Å². The van der Waals surface area contributed by atoms with E-state index in [0.29, 0.717) is 23.9 Å². The van der Waals surface area contributed by atoms with Crippen LogP contribution in [0.1, 0.15) is 121 Å². The highest BCUT2D eigenvalue weighted by atomic mass is 127. The molecular weight excluding hydrogens is 636 g/mol. The lowest BCUT2D eigenvalue weighted by molar-refractivity contribution is -0.870. The van der Waals surface area contributed by atoms with E-state index in [9.17, 15) is 14.6 Å². The molecule has 1 aromatic rings. The summed E-state index contributed by atoms with van der Waals surface area (Å²) in [4.78, 5) is 9.71. The second-order valence-electron chi connectivity index (χ2n) is 12.4. The first-order valence-corrected chi connectivity index (χ1v) is 18.5. The molecule has 0 radical (unpaired) electrons. The number of nitrogens with zero attached hydrogens (tertiary/aromatic N) is 1. The van der Waals surface area contributed by atoms with Crippen molar-refractivity contribution in [2.75, 3.05) is 40.9 Å². The van der Waals surface area contributed by atoms with Gasteiger partial charge in [-0.2, -0.15) is 0 Å². The predicted octanol–water partition coefficient (Wildman–Crippen LogP) is 9.06. The van der Waals surface area contributed by atoms with Crippen molar-refractivity contribution in [2.45, 2.75) is 128 Å². The average Bonchev–Trinajstić information content (AvgIpc) is 2.88. The highest BCUT2D eigenvalue weighted by molar-refractivity contribution is 14.1. The highest BCUT2D eigenvalue weighted by Crippen LogP contribution is 2.43. The zero-order valence-corrected chi connectivity index (χ0v) is 28.9. The van der Waals surface area contributed by atoms with Crippen LogP contribution in [0.15, 0.2) is 24.3 Å². The number of hydrogen-bond acceptors (Lipinski definition) is 4. The van der Waals surface area contributed by atoms with Gasteiger partial charge in [0, 0.05) is 3.57 Å². The van der Waals surface area contributed by atoms with E-state index in [-0.39, 0.29) is 13.2 Å².